The monoisotopic (exact) mass is 1550 g/mol. The second-order valence-corrected chi connectivity index (χ2v) is 29.7. The molecule has 117 heavy (non-hydrogen) atoms. The molecule has 4 unspecified atom stereocenters. The lowest BCUT2D eigenvalue weighted by Crippen LogP contribution is -2.32. The van der Waals surface area contributed by atoms with Crippen molar-refractivity contribution in [1.82, 2.24) is 0 Å². The first-order valence-electron chi connectivity index (χ1n) is 38.1. The molecule has 5 aliphatic carbocycles. The molecule has 566 valence electrons. The Labute approximate surface area is 667 Å². The van der Waals surface area contributed by atoms with E-state index in [1.165, 1.54) is 24.3 Å². The maximum atomic E-state index is 17.6. The summed E-state index contributed by atoms with van der Waals surface area (Å²) in [6.45, 7) is 7.72. The molecular weight excluding hydrogens is 1490 g/mol. The highest BCUT2D eigenvalue weighted by atomic mass is 19.2. The van der Waals surface area contributed by atoms with Gasteiger partial charge in [-0.1, -0.05) is 195 Å². The van der Waals surface area contributed by atoms with Crippen molar-refractivity contribution in [1.29, 1.82) is 0 Å². The molecule has 4 nitrogen and oxygen atoms in total. The molecule has 0 saturated heterocycles. The quantitative estimate of drug-likeness (QED) is 0.0547. The van der Waals surface area contributed by atoms with Gasteiger partial charge in [-0.25, -0.2) is 43.9 Å². The van der Waals surface area contributed by atoms with Crippen LogP contribution in [-0.2, 0) is 16.2 Å². The van der Waals surface area contributed by atoms with Crippen molar-refractivity contribution in [3.8, 4) is 61.8 Å². The van der Waals surface area contributed by atoms with Crippen molar-refractivity contribution in [3.63, 3.8) is 0 Å². The van der Waals surface area contributed by atoms with Gasteiger partial charge in [0.05, 0.1) is 16.2 Å². The van der Waals surface area contributed by atoms with Crippen LogP contribution in [0, 0.1) is 58.2 Å². The highest BCUT2D eigenvalue weighted by Gasteiger charge is 2.55. The van der Waals surface area contributed by atoms with Gasteiger partial charge in [0.15, 0.2) is 34.9 Å². The molecule has 0 amide bonds. The minimum Gasteiger partial charge on any atom is -0.486 e. The number of hydrogen-bond acceptors (Lipinski definition) is 4. The number of fused-ring (bicyclic) bond motifs is 16. The first-order valence-corrected chi connectivity index (χ1v) is 38.1. The first kappa shape index (κ1) is 71.8. The van der Waals surface area contributed by atoms with Crippen molar-refractivity contribution in [3.05, 3.63) is 477 Å². The topological polar surface area (TPSA) is 24.9 Å². The fourth-order valence-corrected chi connectivity index (χ4v) is 18.9. The van der Waals surface area contributed by atoms with Gasteiger partial charge < -0.3 is 19.3 Å². The number of nitrogens with zero attached hydrogens (tertiary/aromatic N) is 2. The SMILES string of the molecule is C=CC1=CCC(Oc2ccc(C3(c4c(F)cc(F)c(F)c4F)c4ccccc4-c4ccc(N(c5ccc(F)cc5)c5ccc6c(c5)C5(c7ccccc7-c7ccc(N(c8ccc(F)cc8)c8ccc9c(c8)C(c8ccc(Oc%10ccc(C=C)cc%10)cc8)(c8c(F)cc(F)c(F)c8F)c8ccccc8-9)cc75)c5ccccc5-6)cc43)cc2)C=C1. The van der Waals surface area contributed by atoms with Gasteiger partial charge in [-0.3, -0.25) is 0 Å². The van der Waals surface area contributed by atoms with Gasteiger partial charge >= 0.3 is 0 Å². The molecule has 15 aromatic carbocycles. The zero-order valence-corrected chi connectivity index (χ0v) is 61.9. The van der Waals surface area contributed by atoms with Crippen molar-refractivity contribution in [2.24, 2.45) is 0 Å². The lowest BCUT2D eigenvalue weighted by molar-refractivity contribution is 0.251. The van der Waals surface area contributed by atoms with E-state index in [1.807, 2.05) is 125 Å². The number of benzene rings is 15. The summed E-state index contributed by atoms with van der Waals surface area (Å²) in [5, 5.41) is 0. The largest absolute Gasteiger partial charge is 0.486 e. The lowest BCUT2D eigenvalue weighted by atomic mass is 9.67. The third-order valence-corrected chi connectivity index (χ3v) is 23.8. The Kier molecular flexibility index (Phi) is 16.9. The molecule has 0 aliphatic heterocycles. The number of rotatable bonds is 16. The third-order valence-electron chi connectivity index (χ3n) is 23.8. The van der Waals surface area contributed by atoms with E-state index in [2.05, 4.69) is 49.6 Å². The summed E-state index contributed by atoms with van der Waals surface area (Å²) < 4.78 is 178. The molecule has 0 aromatic heterocycles. The summed E-state index contributed by atoms with van der Waals surface area (Å²) in [7, 11) is 0. The molecule has 0 saturated carbocycles. The second-order valence-electron chi connectivity index (χ2n) is 29.7. The number of anilines is 6. The van der Waals surface area contributed by atoms with Gasteiger partial charge in [0.25, 0.3) is 0 Å². The lowest BCUT2D eigenvalue weighted by Gasteiger charge is -2.36. The summed E-state index contributed by atoms with van der Waals surface area (Å²) >= 11 is 0. The summed E-state index contributed by atoms with van der Waals surface area (Å²) in [6.07, 6.45) is 9.45. The molecule has 4 atom stereocenters. The first-order chi connectivity index (χ1) is 57.0. The van der Waals surface area contributed by atoms with Gasteiger partial charge in [0.2, 0.25) is 0 Å². The molecule has 5 aliphatic rings. The van der Waals surface area contributed by atoms with E-state index in [4.69, 9.17) is 9.47 Å². The molecule has 0 heterocycles. The standard InChI is InChI=1S/C103H62F10N2O2/c1-3-59-21-41-71(42-22-59)116-73-45-25-61(26-46-73)101(95-91(106)57-93(108)97(110)99(95)112)83-17-9-5-13-75(83)79-49-37-67(53-87(79)101)114(65-33-29-63(104)30-34-65)69-39-51-81-77-15-7-11-19-85(77)103(89(81)55-69)86-20-12-8-16-78(86)82-52-40-70(56-90(82)103)115(66-35-31-64(105)32-36-66)68-38-50-80-76-14-6-10-18-84(76)102(88(80)54-68,96-92(107)58-94(109)98(111)100(96)113)62-27-47-74(48-28-62)117-72-43-23-60(4-2)24-44-72/h3-43,45-58,72H,1-2,44H2. The molecular formula is C103H62F10N2O2. The van der Waals surface area contributed by atoms with E-state index in [1.54, 1.807) is 146 Å². The van der Waals surface area contributed by atoms with Gasteiger partial charge in [0.1, 0.15) is 46.6 Å². The van der Waals surface area contributed by atoms with Crippen LogP contribution >= 0.6 is 0 Å². The number of hydrogen-bond donors (Lipinski definition) is 0. The zero-order chi connectivity index (χ0) is 79.9. The van der Waals surface area contributed by atoms with E-state index >= 15 is 43.9 Å². The fraction of sp³-hybridized carbons (Fsp3) is 0.0485. The predicted molar refractivity (Wildman–Crippen MR) is 439 cm³/mol. The van der Waals surface area contributed by atoms with Crippen molar-refractivity contribution >= 4 is 40.2 Å². The Hall–Kier alpha value is -14.2. The van der Waals surface area contributed by atoms with E-state index in [9.17, 15) is 0 Å². The van der Waals surface area contributed by atoms with Crippen LogP contribution < -0.4 is 19.3 Å². The predicted octanol–water partition coefficient (Wildman–Crippen LogP) is 27.3. The summed E-state index contributed by atoms with van der Waals surface area (Å²) in [4.78, 5) is 3.84. The minimum absolute atomic E-state index is 0.286. The van der Waals surface area contributed by atoms with Crippen molar-refractivity contribution < 1.29 is 53.4 Å². The van der Waals surface area contributed by atoms with Crippen LogP contribution in [0.4, 0.5) is 78.0 Å². The summed E-state index contributed by atoms with van der Waals surface area (Å²) in [6, 6.07) is 86.8. The van der Waals surface area contributed by atoms with Crippen LogP contribution in [0.1, 0.15) is 78.7 Å². The smallest absolute Gasteiger partial charge is 0.194 e. The number of allylic oxidation sites excluding steroid dienone is 3. The van der Waals surface area contributed by atoms with Crippen LogP contribution in [0.15, 0.2) is 346 Å². The number of ether oxygens (including phenoxy) is 2. The van der Waals surface area contributed by atoms with Crippen LogP contribution in [0.25, 0.3) is 50.6 Å². The average Bonchev–Trinajstić information content (AvgIpc) is 1.50. The van der Waals surface area contributed by atoms with Gasteiger partial charge in [-0.15, -0.1) is 0 Å². The molecule has 20 rings (SSSR count). The highest BCUT2D eigenvalue weighted by molar-refractivity contribution is 5.99. The molecule has 1 spiro atoms. The zero-order valence-electron chi connectivity index (χ0n) is 61.9. The highest BCUT2D eigenvalue weighted by Crippen LogP contribution is 2.66. The normalized spacial score (nSPS) is 17.2. The molecule has 14 heteroatoms. The molecule has 0 bridgehead atoms. The van der Waals surface area contributed by atoms with E-state index in [0.29, 0.717) is 120 Å². The summed E-state index contributed by atoms with van der Waals surface area (Å²) in [5.41, 5.74) is 9.19. The Morgan fingerprint density at radius 3 is 1.00 bits per heavy atom. The maximum absolute atomic E-state index is 17.6. The van der Waals surface area contributed by atoms with E-state index in [0.717, 1.165) is 55.6 Å². The van der Waals surface area contributed by atoms with Gasteiger partial charge in [0, 0.05) is 63.8 Å². The van der Waals surface area contributed by atoms with Crippen LogP contribution in [0.3, 0.4) is 0 Å². The average molecular weight is 1550 g/mol. The van der Waals surface area contributed by atoms with Crippen molar-refractivity contribution in [2.75, 3.05) is 9.80 Å². The Balaban J connectivity index is 0.777. The second kappa shape index (κ2) is 27.5. The molecule has 0 fully saturated rings. The fourth-order valence-electron chi connectivity index (χ4n) is 18.9. The molecule has 15 aromatic rings. The summed E-state index contributed by atoms with van der Waals surface area (Å²) in [5.74, 6) is -13.0. The molecule has 0 radical (unpaired) electrons. The van der Waals surface area contributed by atoms with Gasteiger partial charge in [-0.2, -0.15) is 0 Å². The van der Waals surface area contributed by atoms with E-state index in [-0.39, 0.29) is 11.7 Å². The number of halogens is 10. The molecule has 0 N–H and O–H groups in total. The maximum Gasteiger partial charge on any atom is 0.194 e. The van der Waals surface area contributed by atoms with Crippen molar-refractivity contribution in [2.45, 2.75) is 28.8 Å². The third kappa shape index (κ3) is 10.8. The Morgan fingerprint density at radius 2 is 0.641 bits per heavy atom. The minimum atomic E-state index is -2.03. The van der Waals surface area contributed by atoms with Crippen LogP contribution in [0.2, 0.25) is 0 Å². The van der Waals surface area contributed by atoms with Gasteiger partial charge in [-0.05, 0) is 251 Å². The van der Waals surface area contributed by atoms with Crippen LogP contribution in [-0.4, -0.2) is 6.10 Å². The van der Waals surface area contributed by atoms with E-state index < -0.39 is 85.5 Å². The Morgan fingerprint density at radius 1 is 0.308 bits per heavy atom. The Bertz CT molecular complexity index is 6680. The van der Waals surface area contributed by atoms with Crippen LogP contribution in [0.5, 0.6) is 17.2 Å².